The van der Waals surface area contributed by atoms with Crippen molar-refractivity contribution in [2.45, 2.75) is 25.2 Å². The van der Waals surface area contributed by atoms with Gasteiger partial charge in [0.2, 0.25) is 0 Å². The van der Waals surface area contributed by atoms with Gasteiger partial charge in [0.05, 0.1) is 27.6 Å². The van der Waals surface area contributed by atoms with Crippen molar-refractivity contribution in [1.29, 1.82) is 5.26 Å². The molecule has 4 rings (SSSR count). The molecule has 9 heteroatoms. The number of hydrogen-bond acceptors (Lipinski definition) is 6. The van der Waals surface area contributed by atoms with Crippen LogP contribution in [0.4, 0.5) is 0 Å². The summed E-state index contributed by atoms with van der Waals surface area (Å²) in [6.45, 7) is 0. The molecule has 1 aromatic carbocycles. The van der Waals surface area contributed by atoms with Crippen LogP contribution in [0.2, 0.25) is 10.0 Å². The zero-order valence-electron chi connectivity index (χ0n) is 16.2. The summed E-state index contributed by atoms with van der Waals surface area (Å²) in [5, 5.41) is 12.0. The van der Waals surface area contributed by atoms with Gasteiger partial charge in [0.1, 0.15) is 5.82 Å². The predicted octanol–water partition coefficient (Wildman–Crippen LogP) is 3.83. The first-order valence-electron chi connectivity index (χ1n) is 9.54. The number of Topliss-reactive ketones (excluding diaryl/α,β-unsaturated/α-hetero) is 1. The van der Waals surface area contributed by atoms with Gasteiger partial charge in [0.25, 0.3) is 5.91 Å². The third-order valence-electron chi connectivity index (χ3n) is 5.35. The average Bonchev–Trinajstić information content (AvgIpc) is 2.78. The number of ketones is 1. The highest BCUT2D eigenvalue weighted by Crippen LogP contribution is 2.45. The van der Waals surface area contributed by atoms with Gasteiger partial charge in [0.15, 0.2) is 5.78 Å². The van der Waals surface area contributed by atoms with Crippen LogP contribution in [0.15, 0.2) is 65.4 Å². The maximum atomic E-state index is 13.0. The molecule has 2 aliphatic rings. The van der Waals surface area contributed by atoms with Crippen molar-refractivity contribution >= 4 is 34.9 Å². The number of nitrogens with one attached hydrogen (secondary N) is 1. The Bertz CT molecular complexity index is 1180. The Morgan fingerprint density at radius 2 is 1.94 bits per heavy atom. The number of halogens is 2. The number of hydrogen-bond donors (Lipinski definition) is 2. The third-order valence-corrected chi connectivity index (χ3v) is 6.09. The van der Waals surface area contributed by atoms with Crippen LogP contribution in [-0.2, 0) is 4.79 Å². The van der Waals surface area contributed by atoms with E-state index in [-0.39, 0.29) is 17.2 Å². The first-order valence-corrected chi connectivity index (χ1v) is 10.3. The Labute approximate surface area is 188 Å². The molecular formula is C22H17Cl2N5O2. The number of aromatic nitrogens is 1. The van der Waals surface area contributed by atoms with Gasteiger partial charge in [0, 0.05) is 35.6 Å². The smallest absolute Gasteiger partial charge is 0.270 e. The van der Waals surface area contributed by atoms with Crippen molar-refractivity contribution in [2.75, 3.05) is 0 Å². The number of pyridine rings is 1. The van der Waals surface area contributed by atoms with E-state index in [1.165, 1.54) is 17.4 Å². The second kappa shape index (κ2) is 8.42. The first kappa shape index (κ1) is 20.9. The molecule has 7 nitrogen and oxygen atoms in total. The molecule has 1 atom stereocenters. The molecular weight excluding hydrogens is 437 g/mol. The number of nitriles is 1. The number of rotatable bonds is 3. The number of allylic oxidation sites excluding steroid dienone is 3. The fourth-order valence-electron chi connectivity index (χ4n) is 3.91. The second-order valence-corrected chi connectivity index (χ2v) is 7.98. The van der Waals surface area contributed by atoms with E-state index in [2.05, 4.69) is 16.5 Å². The Hall–Kier alpha value is -3.34. The lowest BCUT2D eigenvalue weighted by Gasteiger charge is -2.39. The summed E-state index contributed by atoms with van der Waals surface area (Å²) in [5.41, 5.74) is 11.3. The van der Waals surface area contributed by atoms with Gasteiger partial charge in [-0.05, 0) is 42.7 Å². The van der Waals surface area contributed by atoms with Gasteiger partial charge in [-0.25, -0.2) is 5.01 Å². The molecule has 1 aliphatic carbocycles. The molecule has 0 radical (unpaired) electrons. The number of nitrogens with zero attached hydrogens (tertiary/aromatic N) is 3. The van der Waals surface area contributed by atoms with Crippen LogP contribution >= 0.6 is 23.2 Å². The van der Waals surface area contributed by atoms with Crippen LogP contribution in [0.1, 0.15) is 41.1 Å². The molecule has 1 aromatic heterocycles. The number of carbonyl (C=O) groups is 2. The third kappa shape index (κ3) is 3.76. The SMILES string of the molecule is N#CC1=C(N)N(NC(=O)c2ccncc2)C2=C(C(=O)CCC2)C1c1ccc(Cl)c(Cl)c1. The highest BCUT2D eigenvalue weighted by Gasteiger charge is 2.40. The lowest BCUT2D eigenvalue weighted by Crippen LogP contribution is -2.48. The maximum Gasteiger partial charge on any atom is 0.270 e. The Morgan fingerprint density at radius 1 is 1.19 bits per heavy atom. The van der Waals surface area contributed by atoms with Gasteiger partial charge in [-0.3, -0.25) is 20.0 Å². The molecule has 2 heterocycles. The minimum atomic E-state index is -0.684. The summed E-state index contributed by atoms with van der Waals surface area (Å²) in [5.74, 6) is -1.15. The van der Waals surface area contributed by atoms with Crippen molar-refractivity contribution in [3.63, 3.8) is 0 Å². The van der Waals surface area contributed by atoms with Gasteiger partial charge >= 0.3 is 0 Å². The Morgan fingerprint density at radius 3 is 2.61 bits per heavy atom. The summed E-state index contributed by atoms with van der Waals surface area (Å²) in [7, 11) is 0. The Balaban J connectivity index is 1.83. The number of nitrogens with two attached hydrogens (primary N) is 1. The molecule has 0 saturated carbocycles. The standard InChI is InChI=1S/C22H17Cl2N5O2/c23-15-5-4-13(10-16(15)24)19-14(11-25)21(26)29(17-2-1-3-18(30)20(17)19)28-22(31)12-6-8-27-9-7-12/h4-10,19H,1-3,26H2,(H,28,31). The summed E-state index contributed by atoms with van der Waals surface area (Å²) in [4.78, 5) is 29.7. The van der Waals surface area contributed by atoms with E-state index >= 15 is 0 Å². The van der Waals surface area contributed by atoms with Crippen LogP contribution in [-0.4, -0.2) is 21.7 Å². The summed E-state index contributed by atoms with van der Waals surface area (Å²) in [6.07, 6.45) is 4.49. The van der Waals surface area contributed by atoms with Crippen LogP contribution in [0.3, 0.4) is 0 Å². The van der Waals surface area contributed by atoms with E-state index < -0.39 is 11.8 Å². The normalized spacial score (nSPS) is 18.5. The van der Waals surface area contributed by atoms with Crippen molar-refractivity contribution in [3.05, 3.63) is 86.6 Å². The van der Waals surface area contributed by atoms with Crippen LogP contribution < -0.4 is 11.2 Å². The van der Waals surface area contributed by atoms with E-state index in [1.54, 1.807) is 30.3 Å². The van der Waals surface area contributed by atoms with E-state index in [9.17, 15) is 14.9 Å². The van der Waals surface area contributed by atoms with E-state index in [0.29, 0.717) is 51.7 Å². The monoisotopic (exact) mass is 453 g/mol. The van der Waals surface area contributed by atoms with Crippen LogP contribution in [0.25, 0.3) is 0 Å². The quantitative estimate of drug-likeness (QED) is 0.729. The molecule has 31 heavy (non-hydrogen) atoms. The first-order chi connectivity index (χ1) is 14.9. The van der Waals surface area contributed by atoms with Crippen LogP contribution in [0, 0.1) is 11.3 Å². The maximum absolute atomic E-state index is 13.0. The highest BCUT2D eigenvalue weighted by molar-refractivity contribution is 6.42. The fraction of sp³-hybridized carbons (Fsp3) is 0.182. The lowest BCUT2D eigenvalue weighted by atomic mass is 9.76. The van der Waals surface area contributed by atoms with Crippen molar-refractivity contribution in [3.8, 4) is 6.07 Å². The molecule has 0 spiro atoms. The van der Waals surface area contributed by atoms with Crippen LogP contribution in [0.5, 0.6) is 0 Å². The summed E-state index contributed by atoms with van der Waals surface area (Å²) >= 11 is 12.3. The molecule has 3 N–H and O–H groups in total. The summed E-state index contributed by atoms with van der Waals surface area (Å²) < 4.78 is 0. The Kier molecular flexibility index (Phi) is 5.68. The number of carbonyl (C=O) groups excluding carboxylic acids is 2. The zero-order valence-corrected chi connectivity index (χ0v) is 17.7. The van der Waals surface area contributed by atoms with E-state index in [1.807, 2.05) is 0 Å². The van der Waals surface area contributed by atoms with Gasteiger partial charge in [-0.15, -0.1) is 0 Å². The number of amides is 1. The van der Waals surface area contributed by atoms with Crippen molar-refractivity contribution in [1.82, 2.24) is 15.4 Å². The van der Waals surface area contributed by atoms with Gasteiger partial charge < -0.3 is 5.73 Å². The predicted molar refractivity (Wildman–Crippen MR) is 115 cm³/mol. The van der Waals surface area contributed by atoms with Gasteiger partial charge in [-0.2, -0.15) is 5.26 Å². The number of benzene rings is 1. The molecule has 0 bridgehead atoms. The molecule has 1 unspecified atom stereocenters. The molecule has 1 amide bonds. The molecule has 156 valence electrons. The largest absolute Gasteiger partial charge is 0.383 e. The average molecular weight is 454 g/mol. The molecule has 0 saturated heterocycles. The minimum absolute atomic E-state index is 0.0643. The van der Waals surface area contributed by atoms with Crippen molar-refractivity contribution in [2.24, 2.45) is 5.73 Å². The fourth-order valence-corrected chi connectivity index (χ4v) is 4.22. The van der Waals surface area contributed by atoms with E-state index in [0.717, 1.165) is 0 Å². The molecule has 0 fully saturated rings. The second-order valence-electron chi connectivity index (χ2n) is 7.17. The number of hydrazine groups is 1. The zero-order chi connectivity index (χ0) is 22.1. The highest BCUT2D eigenvalue weighted by atomic mass is 35.5. The topological polar surface area (TPSA) is 112 Å². The summed E-state index contributed by atoms with van der Waals surface area (Å²) in [6, 6.07) is 10.2. The molecule has 2 aromatic rings. The van der Waals surface area contributed by atoms with Crippen molar-refractivity contribution < 1.29 is 9.59 Å². The lowest BCUT2D eigenvalue weighted by molar-refractivity contribution is -0.116. The minimum Gasteiger partial charge on any atom is -0.383 e. The van der Waals surface area contributed by atoms with E-state index in [4.69, 9.17) is 28.9 Å². The molecule has 1 aliphatic heterocycles. The van der Waals surface area contributed by atoms with Gasteiger partial charge in [-0.1, -0.05) is 29.3 Å².